The second-order valence-electron chi connectivity index (χ2n) is 3.55. The average molecular weight is 94.2 g/mol. The van der Waals surface area contributed by atoms with Crippen LogP contribution in [0.25, 0.3) is 0 Å². The van der Waals surface area contributed by atoms with Crippen LogP contribution in [0.5, 0.6) is 0 Å². The zero-order chi connectivity index (χ0) is 4.43. The molecule has 5 rings (SSSR count). The van der Waals surface area contributed by atoms with Gasteiger partial charge in [-0.2, -0.15) is 0 Å². The van der Waals surface area contributed by atoms with Gasteiger partial charge >= 0.3 is 0 Å². The monoisotopic (exact) mass is 94.1 g/mol. The molecule has 0 aliphatic heterocycles. The molecule has 0 saturated heterocycles. The fraction of sp³-hybridized carbons (Fsp3) is 1.00. The average Bonchev–Trinajstić information content (AvgIpc) is 2.14. The summed E-state index contributed by atoms with van der Waals surface area (Å²) in [4.78, 5) is 0. The number of rotatable bonds is 0. The van der Waals surface area contributed by atoms with Crippen molar-refractivity contribution in [2.45, 2.75) is 19.3 Å². The van der Waals surface area contributed by atoms with Gasteiger partial charge in [0, 0.05) is 0 Å². The summed E-state index contributed by atoms with van der Waals surface area (Å²) in [6.45, 7) is 0. The van der Waals surface area contributed by atoms with Gasteiger partial charge in [0.15, 0.2) is 0 Å². The fourth-order valence-corrected chi connectivity index (χ4v) is 3.02. The predicted octanol–water partition coefficient (Wildman–Crippen LogP) is 1.66. The first-order valence-electron chi connectivity index (χ1n) is 3.45. The quantitative estimate of drug-likeness (QED) is 0.428. The molecular formula is C7H10. The van der Waals surface area contributed by atoms with Crippen molar-refractivity contribution in [2.24, 2.45) is 23.7 Å². The SMILES string of the molecule is C1C2C[C@@H]3CC2C13. The van der Waals surface area contributed by atoms with Gasteiger partial charge in [-0.25, -0.2) is 0 Å². The van der Waals surface area contributed by atoms with Crippen molar-refractivity contribution in [3.63, 3.8) is 0 Å². The smallest absolute Gasteiger partial charge is 0.0352 e. The van der Waals surface area contributed by atoms with Crippen molar-refractivity contribution in [3.05, 3.63) is 0 Å². The van der Waals surface area contributed by atoms with Gasteiger partial charge in [0.05, 0.1) is 0 Å². The Morgan fingerprint density at radius 2 is 1.29 bits per heavy atom. The van der Waals surface area contributed by atoms with Crippen LogP contribution in [0.1, 0.15) is 19.3 Å². The Labute approximate surface area is 43.9 Å². The molecule has 5 fully saturated rings. The van der Waals surface area contributed by atoms with E-state index >= 15 is 0 Å². The second-order valence-corrected chi connectivity index (χ2v) is 3.55. The standard InChI is InChI=1S/C7H10/c1-4-2-6-5(1)3-7(4)6/h4-7H,1-3H2/t4-,5?,6?,7?/m1/s1. The minimum Gasteiger partial charge on any atom is -0.0470 e. The minimum absolute atomic E-state index is 1.23. The molecule has 5 saturated carbocycles. The van der Waals surface area contributed by atoms with Crippen LogP contribution < -0.4 is 0 Å². The summed E-state index contributed by atoms with van der Waals surface area (Å²) in [5.41, 5.74) is 0. The van der Waals surface area contributed by atoms with Crippen LogP contribution in [-0.2, 0) is 0 Å². The molecule has 3 unspecified atom stereocenters. The summed E-state index contributed by atoms with van der Waals surface area (Å²) in [5, 5.41) is 0. The van der Waals surface area contributed by atoms with Crippen molar-refractivity contribution in [1.82, 2.24) is 0 Å². The van der Waals surface area contributed by atoms with Crippen molar-refractivity contribution >= 4 is 0 Å². The Hall–Kier alpha value is 0. The zero-order valence-electron chi connectivity index (χ0n) is 4.43. The Morgan fingerprint density at radius 1 is 0.714 bits per heavy atom. The van der Waals surface area contributed by atoms with E-state index in [1.54, 1.807) is 19.3 Å². The van der Waals surface area contributed by atoms with E-state index in [0.717, 1.165) is 0 Å². The van der Waals surface area contributed by atoms with E-state index in [1.165, 1.54) is 23.7 Å². The first-order valence-corrected chi connectivity index (χ1v) is 3.45. The maximum atomic E-state index is 1.62. The lowest BCUT2D eigenvalue weighted by atomic mass is 9.60. The van der Waals surface area contributed by atoms with Crippen LogP contribution in [0.3, 0.4) is 0 Å². The highest BCUT2D eigenvalue weighted by atomic mass is 14.7. The molecule has 0 nitrogen and oxygen atoms in total. The molecule has 0 heteroatoms. The van der Waals surface area contributed by atoms with Crippen molar-refractivity contribution in [2.75, 3.05) is 0 Å². The summed E-state index contributed by atoms with van der Waals surface area (Å²) >= 11 is 0. The molecule has 0 aromatic carbocycles. The third-order valence-corrected chi connectivity index (χ3v) is 3.52. The highest BCUT2D eigenvalue weighted by Gasteiger charge is 2.60. The van der Waals surface area contributed by atoms with Crippen molar-refractivity contribution in [3.8, 4) is 0 Å². The van der Waals surface area contributed by atoms with Gasteiger partial charge in [0.25, 0.3) is 0 Å². The third-order valence-electron chi connectivity index (χ3n) is 3.52. The molecule has 0 amide bonds. The summed E-state index contributed by atoms with van der Waals surface area (Å²) < 4.78 is 0. The van der Waals surface area contributed by atoms with Gasteiger partial charge in [0.1, 0.15) is 0 Å². The number of hydrogen-bond donors (Lipinski definition) is 0. The van der Waals surface area contributed by atoms with Crippen LogP contribution in [0, 0.1) is 23.7 Å². The van der Waals surface area contributed by atoms with E-state index in [9.17, 15) is 0 Å². The van der Waals surface area contributed by atoms with E-state index in [2.05, 4.69) is 0 Å². The molecule has 4 atom stereocenters. The lowest BCUT2D eigenvalue weighted by Crippen LogP contribution is -2.38. The van der Waals surface area contributed by atoms with E-state index in [-0.39, 0.29) is 0 Å². The highest BCUT2D eigenvalue weighted by Crippen LogP contribution is 2.69. The normalized spacial score (nSPS) is 72.0. The first-order chi connectivity index (χ1) is 3.45. The molecule has 0 spiro atoms. The lowest BCUT2D eigenvalue weighted by molar-refractivity contribution is 0.0374. The Bertz CT molecular complexity index is 93.7. The van der Waals surface area contributed by atoms with Crippen LogP contribution in [0.2, 0.25) is 0 Å². The van der Waals surface area contributed by atoms with Crippen molar-refractivity contribution in [1.29, 1.82) is 0 Å². The fourth-order valence-electron chi connectivity index (χ4n) is 3.02. The predicted molar refractivity (Wildman–Crippen MR) is 27.8 cm³/mol. The molecule has 5 aliphatic rings. The van der Waals surface area contributed by atoms with E-state index in [0.29, 0.717) is 0 Å². The highest BCUT2D eigenvalue weighted by molar-refractivity contribution is 5.10. The Morgan fingerprint density at radius 3 is 1.43 bits per heavy atom. The van der Waals surface area contributed by atoms with Gasteiger partial charge in [-0.3, -0.25) is 0 Å². The van der Waals surface area contributed by atoms with Crippen LogP contribution in [0.15, 0.2) is 0 Å². The molecule has 4 bridgehead atoms. The van der Waals surface area contributed by atoms with Crippen LogP contribution in [-0.4, -0.2) is 0 Å². The Kier molecular flexibility index (Phi) is 0.296. The van der Waals surface area contributed by atoms with E-state index in [1.807, 2.05) is 0 Å². The summed E-state index contributed by atoms with van der Waals surface area (Å²) in [6.07, 6.45) is 4.86. The summed E-state index contributed by atoms with van der Waals surface area (Å²) in [6, 6.07) is 0. The Balaban J connectivity index is 2.13. The summed E-state index contributed by atoms with van der Waals surface area (Å²) in [5.74, 6) is 4.97. The van der Waals surface area contributed by atoms with Crippen molar-refractivity contribution < 1.29 is 0 Å². The largest absolute Gasteiger partial charge is 0.0470 e. The maximum Gasteiger partial charge on any atom is -0.0352 e. The summed E-state index contributed by atoms with van der Waals surface area (Å²) in [7, 11) is 0. The minimum atomic E-state index is 1.23. The van der Waals surface area contributed by atoms with Crippen LogP contribution >= 0.6 is 0 Å². The maximum absolute atomic E-state index is 1.62. The zero-order valence-corrected chi connectivity index (χ0v) is 4.43. The second kappa shape index (κ2) is 0.667. The topological polar surface area (TPSA) is 0 Å². The molecule has 0 aromatic rings. The molecular weight excluding hydrogens is 84.1 g/mol. The molecule has 0 radical (unpaired) electrons. The lowest BCUT2D eigenvalue weighted by Gasteiger charge is -2.45. The molecule has 7 heavy (non-hydrogen) atoms. The van der Waals surface area contributed by atoms with Gasteiger partial charge in [-0.15, -0.1) is 0 Å². The van der Waals surface area contributed by atoms with Gasteiger partial charge in [-0.1, -0.05) is 0 Å². The van der Waals surface area contributed by atoms with Gasteiger partial charge in [0.2, 0.25) is 0 Å². The molecule has 38 valence electrons. The first kappa shape index (κ1) is 3.11. The molecule has 0 aromatic heterocycles. The molecule has 0 heterocycles. The van der Waals surface area contributed by atoms with E-state index in [4.69, 9.17) is 0 Å². The number of hydrogen-bond acceptors (Lipinski definition) is 0. The molecule has 0 N–H and O–H groups in total. The van der Waals surface area contributed by atoms with E-state index < -0.39 is 0 Å². The van der Waals surface area contributed by atoms with Crippen LogP contribution in [0.4, 0.5) is 0 Å². The van der Waals surface area contributed by atoms with Gasteiger partial charge < -0.3 is 0 Å². The van der Waals surface area contributed by atoms with Gasteiger partial charge in [-0.05, 0) is 42.9 Å². The third kappa shape index (κ3) is 0.167. The molecule has 5 aliphatic carbocycles.